The number of rotatable bonds is 5. The van der Waals surface area contributed by atoms with Crippen LogP contribution in [-0.2, 0) is 0 Å². The maximum Gasteiger partial charge on any atom is 0.164 e. The van der Waals surface area contributed by atoms with Gasteiger partial charge in [-0.15, -0.1) is 0 Å². The van der Waals surface area contributed by atoms with Crippen molar-refractivity contribution in [2.75, 3.05) is 0 Å². The van der Waals surface area contributed by atoms with E-state index in [1.54, 1.807) is 0 Å². The van der Waals surface area contributed by atoms with Crippen LogP contribution in [0.15, 0.2) is 180 Å². The first-order valence-corrected chi connectivity index (χ1v) is 17.1. The molecule has 2 heterocycles. The van der Waals surface area contributed by atoms with Crippen LogP contribution in [0.1, 0.15) is 0 Å². The summed E-state index contributed by atoms with van der Waals surface area (Å²) in [5.74, 6) is 1.92. The minimum absolute atomic E-state index is 0.635. The molecule has 4 heteroatoms. The maximum atomic E-state index is 6.07. The molecule has 2 aromatic heterocycles. The van der Waals surface area contributed by atoms with Crippen molar-refractivity contribution in [3.63, 3.8) is 0 Å². The molecule has 0 aliphatic heterocycles. The molecule has 0 aliphatic carbocycles. The van der Waals surface area contributed by atoms with E-state index in [1.165, 1.54) is 0 Å². The normalized spacial score (nSPS) is 11.5. The highest BCUT2D eigenvalue weighted by atomic mass is 16.3. The number of aromatic nitrogens is 3. The smallest absolute Gasteiger partial charge is 0.164 e. The molecule has 0 amide bonds. The van der Waals surface area contributed by atoms with Crippen molar-refractivity contribution in [3.8, 4) is 56.4 Å². The summed E-state index contributed by atoms with van der Waals surface area (Å²) < 4.78 is 6.07. The van der Waals surface area contributed by atoms with Crippen LogP contribution < -0.4 is 0 Å². The lowest BCUT2D eigenvalue weighted by molar-refractivity contribution is 0.669. The Morgan fingerprint density at radius 1 is 0.314 bits per heavy atom. The second-order valence-electron chi connectivity index (χ2n) is 12.8. The molecule has 51 heavy (non-hydrogen) atoms. The van der Waals surface area contributed by atoms with Gasteiger partial charge in [-0.25, -0.2) is 15.0 Å². The Morgan fingerprint density at radius 3 is 1.67 bits per heavy atom. The molecule has 4 nitrogen and oxygen atoms in total. The highest BCUT2D eigenvalue weighted by Gasteiger charge is 2.17. The molecule has 0 atom stereocenters. The van der Waals surface area contributed by atoms with Crippen molar-refractivity contribution >= 4 is 43.5 Å². The number of para-hydroxylation sites is 1. The lowest BCUT2D eigenvalue weighted by Gasteiger charge is -2.13. The molecule has 0 spiro atoms. The summed E-state index contributed by atoms with van der Waals surface area (Å²) in [6.45, 7) is 0. The molecule has 0 bridgehead atoms. The van der Waals surface area contributed by atoms with E-state index in [0.29, 0.717) is 17.5 Å². The molecule has 0 N–H and O–H groups in total. The van der Waals surface area contributed by atoms with Gasteiger partial charge in [-0.3, -0.25) is 0 Å². The Labute approximate surface area is 294 Å². The van der Waals surface area contributed by atoms with Gasteiger partial charge >= 0.3 is 0 Å². The fourth-order valence-electron chi connectivity index (χ4n) is 7.20. The van der Waals surface area contributed by atoms with Gasteiger partial charge in [-0.05, 0) is 68.7 Å². The Balaban J connectivity index is 1.10. The third kappa shape index (κ3) is 5.13. The fourth-order valence-corrected chi connectivity index (χ4v) is 7.20. The van der Waals surface area contributed by atoms with E-state index in [-0.39, 0.29) is 0 Å². The molecule has 0 saturated heterocycles. The van der Waals surface area contributed by atoms with Crippen molar-refractivity contribution < 1.29 is 4.42 Å². The zero-order valence-electron chi connectivity index (χ0n) is 27.5. The van der Waals surface area contributed by atoms with E-state index in [1.807, 2.05) is 48.5 Å². The topological polar surface area (TPSA) is 51.8 Å². The van der Waals surface area contributed by atoms with Crippen molar-refractivity contribution in [2.24, 2.45) is 0 Å². The van der Waals surface area contributed by atoms with Crippen LogP contribution in [0.3, 0.4) is 0 Å². The molecule has 10 aromatic rings. The van der Waals surface area contributed by atoms with Crippen molar-refractivity contribution in [3.05, 3.63) is 176 Å². The van der Waals surface area contributed by atoms with Gasteiger partial charge in [0.05, 0.1) is 0 Å². The first-order valence-electron chi connectivity index (χ1n) is 17.1. The van der Waals surface area contributed by atoms with E-state index in [2.05, 4.69) is 127 Å². The minimum atomic E-state index is 0.635. The van der Waals surface area contributed by atoms with Crippen LogP contribution in [0.25, 0.3) is 99.9 Å². The fraction of sp³-hybridized carbons (Fsp3) is 0. The average Bonchev–Trinajstić information content (AvgIpc) is 3.58. The standard InChI is InChI=1S/C47H29N3O/c1-3-11-30(12-4-1)38-18-9-15-31-16-10-19-40(44(31)38)47-49-45(32-13-5-2-6-14-32)48-46(50-47)37-24-23-33-27-34(21-22-35(33)28-37)36-25-26-43-41(29-36)39-17-7-8-20-42(39)51-43/h1-29H. The molecule has 0 saturated carbocycles. The Hall–Kier alpha value is -6.91. The Bertz CT molecular complexity index is 2910. The predicted octanol–water partition coefficient (Wildman–Crippen LogP) is 12.4. The van der Waals surface area contributed by atoms with Crippen molar-refractivity contribution in [1.82, 2.24) is 15.0 Å². The summed E-state index contributed by atoms with van der Waals surface area (Å²) in [7, 11) is 0. The SMILES string of the molecule is c1ccc(-c2nc(-c3ccc4cc(-c5ccc6oc7ccccc7c6c5)ccc4c3)nc(-c3cccc4cccc(-c5ccccc5)c34)n2)cc1. The van der Waals surface area contributed by atoms with Gasteiger partial charge in [0.25, 0.3) is 0 Å². The third-order valence-corrected chi connectivity index (χ3v) is 9.71. The van der Waals surface area contributed by atoms with Crippen LogP contribution in [0, 0.1) is 0 Å². The molecule has 238 valence electrons. The Morgan fingerprint density at radius 2 is 0.882 bits per heavy atom. The lowest BCUT2D eigenvalue weighted by Crippen LogP contribution is -2.01. The van der Waals surface area contributed by atoms with Crippen LogP contribution in [0.4, 0.5) is 0 Å². The number of nitrogens with zero attached hydrogens (tertiary/aromatic N) is 3. The second-order valence-corrected chi connectivity index (χ2v) is 12.8. The summed E-state index contributed by atoms with van der Waals surface area (Å²) in [4.78, 5) is 15.3. The van der Waals surface area contributed by atoms with E-state index in [4.69, 9.17) is 19.4 Å². The molecule has 0 unspecified atom stereocenters. The molecule has 0 aliphatic rings. The summed E-state index contributed by atoms with van der Waals surface area (Å²) in [6.07, 6.45) is 0. The number of hydrogen-bond acceptors (Lipinski definition) is 4. The third-order valence-electron chi connectivity index (χ3n) is 9.71. The van der Waals surface area contributed by atoms with Crippen LogP contribution >= 0.6 is 0 Å². The van der Waals surface area contributed by atoms with E-state index < -0.39 is 0 Å². The highest BCUT2D eigenvalue weighted by Crippen LogP contribution is 2.37. The zero-order valence-corrected chi connectivity index (χ0v) is 27.5. The van der Waals surface area contributed by atoms with Gasteiger partial charge in [0.2, 0.25) is 0 Å². The predicted molar refractivity (Wildman–Crippen MR) is 209 cm³/mol. The number of fused-ring (bicyclic) bond motifs is 5. The van der Waals surface area contributed by atoms with Crippen LogP contribution in [-0.4, -0.2) is 15.0 Å². The first kappa shape index (κ1) is 29.0. The number of benzene rings is 8. The van der Waals surface area contributed by atoms with E-state index in [9.17, 15) is 0 Å². The quantitative estimate of drug-likeness (QED) is 0.186. The van der Waals surface area contributed by atoms with E-state index >= 15 is 0 Å². The van der Waals surface area contributed by atoms with Gasteiger partial charge in [-0.2, -0.15) is 0 Å². The molecule has 0 radical (unpaired) electrons. The van der Waals surface area contributed by atoms with Crippen molar-refractivity contribution in [2.45, 2.75) is 0 Å². The van der Waals surface area contributed by atoms with Gasteiger partial charge in [0.1, 0.15) is 11.2 Å². The monoisotopic (exact) mass is 651 g/mol. The minimum Gasteiger partial charge on any atom is -0.456 e. The Kier molecular flexibility index (Phi) is 6.78. The molecular weight excluding hydrogens is 623 g/mol. The summed E-state index contributed by atoms with van der Waals surface area (Å²) >= 11 is 0. The van der Waals surface area contributed by atoms with E-state index in [0.717, 1.165) is 82.4 Å². The van der Waals surface area contributed by atoms with Gasteiger partial charge < -0.3 is 4.42 Å². The molecule has 10 rings (SSSR count). The second kappa shape index (κ2) is 11.9. The van der Waals surface area contributed by atoms with Gasteiger partial charge in [-0.1, -0.05) is 146 Å². The van der Waals surface area contributed by atoms with Crippen LogP contribution in [0.2, 0.25) is 0 Å². The maximum absolute atomic E-state index is 6.07. The van der Waals surface area contributed by atoms with Crippen LogP contribution in [0.5, 0.6) is 0 Å². The summed E-state index contributed by atoms with van der Waals surface area (Å²) in [5, 5.41) is 6.78. The summed E-state index contributed by atoms with van der Waals surface area (Å²) in [5.41, 5.74) is 9.27. The zero-order chi connectivity index (χ0) is 33.7. The van der Waals surface area contributed by atoms with Gasteiger partial charge in [0, 0.05) is 32.8 Å². The van der Waals surface area contributed by atoms with Crippen molar-refractivity contribution in [1.29, 1.82) is 0 Å². The highest BCUT2D eigenvalue weighted by molar-refractivity contribution is 6.07. The van der Waals surface area contributed by atoms with Gasteiger partial charge in [0.15, 0.2) is 17.5 Å². The molecule has 8 aromatic carbocycles. The first-order chi connectivity index (χ1) is 25.2. The number of furan rings is 1. The molecular formula is C47H29N3O. The number of hydrogen-bond donors (Lipinski definition) is 0. The summed E-state index contributed by atoms with van der Waals surface area (Å²) in [6, 6.07) is 61.1. The lowest BCUT2D eigenvalue weighted by atomic mass is 9.94. The molecule has 0 fully saturated rings. The average molecular weight is 652 g/mol. The largest absolute Gasteiger partial charge is 0.456 e.